The van der Waals surface area contributed by atoms with Gasteiger partial charge in [0.1, 0.15) is 0 Å². The molecule has 0 atom stereocenters. The highest BCUT2D eigenvalue weighted by Gasteiger charge is 2.46. The third-order valence-corrected chi connectivity index (χ3v) is 8.83. The lowest BCUT2D eigenvalue weighted by molar-refractivity contribution is 0.767. The normalized spacial score (nSPS) is 13.5. The summed E-state index contributed by atoms with van der Waals surface area (Å²) in [4.78, 5) is 0. The fourth-order valence-corrected chi connectivity index (χ4v) is 7.15. The summed E-state index contributed by atoms with van der Waals surface area (Å²) in [6.07, 6.45) is 0. The number of hydrogen-bond acceptors (Lipinski definition) is 0. The Labute approximate surface area is 236 Å². The summed E-state index contributed by atoms with van der Waals surface area (Å²) in [6.45, 7) is 0. The number of benzene rings is 6. The van der Waals surface area contributed by atoms with Gasteiger partial charge >= 0.3 is 0 Å². The number of nitrogens with zero attached hydrogens (tertiary/aromatic N) is 1. The van der Waals surface area contributed by atoms with E-state index in [0.717, 1.165) is 4.47 Å². The summed E-state index contributed by atoms with van der Waals surface area (Å²) in [5, 5.41) is 2.55. The number of aromatic nitrogens is 1. The SMILES string of the molecule is Brc1ccc2c(c1)C(c1ccccc1)(c1ccccc1)c1cc(-n3c4ccccc4c4ccccc43)ccc1-2. The van der Waals surface area contributed by atoms with Gasteiger partial charge in [-0.25, -0.2) is 0 Å². The molecular formula is C37H24BrN. The number of para-hydroxylation sites is 2. The highest BCUT2D eigenvalue weighted by atomic mass is 79.9. The van der Waals surface area contributed by atoms with Crippen molar-refractivity contribution < 1.29 is 0 Å². The van der Waals surface area contributed by atoms with Crippen LogP contribution in [0.25, 0.3) is 38.6 Å². The summed E-state index contributed by atoms with van der Waals surface area (Å²) in [7, 11) is 0. The van der Waals surface area contributed by atoms with Crippen LogP contribution in [0.4, 0.5) is 0 Å². The molecule has 6 aromatic carbocycles. The first-order valence-electron chi connectivity index (χ1n) is 13.3. The molecule has 1 aliphatic rings. The van der Waals surface area contributed by atoms with Gasteiger partial charge in [-0.2, -0.15) is 0 Å². The van der Waals surface area contributed by atoms with Crippen molar-refractivity contribution >= 4 is 37.7 Å². The Morgan fingerprint density at radius 1 is 0.462 bits per heavy atom. The van der Waals surface area contributed by atoms with Gasteiger partial charge in [-0.1, -0.05) is 125 Å². The first-order chi connectivity index (χ1) is 19.3. The molecule has 0 spiro atoms. The van der Waals surface area contributed by atoms with Crippen LogP contribution in [-0.4, -0.2) is 4.57 Å². The minimum atomic E-state index is -0.439. The van der Waals surface area contributed by atoms with Gasteiger partial charge in [-0.15, -0.1) is 0 Å². The maximum absolute atomic E-state index is 3.80. The maximum Gasteiger partial charge on any atom is 0.0714 e. The molecule has 2 heteroatoms. The molecule has 1 aliphatic carbocycles. The van der Waals surface area contributed by atoms with Gasteiger partial charge in [0.05, 0.1) is 16.4 Å². The summed E-state index contributed by atoms with van der Waals surface area (Å²) in [6, 6.07) is 53.2. The molecule has 0 amide bonds. The summed E-state index contributed by atoms with van der Waals surface area (Å²) >= 11 is 3.80. The van der Waals surface area contributed by atoms with Crippen molar-refractivity contribution in [3.8, 4) is 16.8 Å². The Morgan fingerprint density at radius 2 is 0.949 bits per heavy atom. The Morgan fingerprint density at radius 3 is 1.54 bits per heavy atom. The Bertz CT molecular complexity index is 1930. The van der Waals surface area contributed by atoms with Crippen LogP contribution in [0, 0.1) is 0 Å². The third-order valence-electron chi connectivity index (χ3n) is 8.33. The smallest absolute Gasteiger partial charge is 0.0714 e. The lowest BCUT2D eigenvalue weighted by Crippen LogP contribution is -2.28. The maximum atomic E-state index is 3.80. The number of halogens is 1. The molecule has 1 aromatic heterocycles. The summed E-state index contributed by atoms with van der Waals surface area (Å²) in [5.41, 5.74) is 10.9. The lowest BCUT2D eigenvalue weighted by atomic mass is 9.67. The molecule has 0 saturated carbocycles. The van der Waals surface area contributed by atoms with E-state index in [1.807, 2.05) is 0 Å². The number of fused-ring (bicyclic) bond motifs is 6. The minimum Gasteiger partial charge on any atom is -0.309 e. The molecule has 7 aromatic rings. The molecule has 184 valence electrons. The Balaban J connectivity index is 1.51. The van der Waals surface area contributed by atoms with E-state index in [2.05, 4.69) is 166 Å². The number of rotatable bonds is 3. The molecule has 0 saturated heterocycles. The first-order valence-corrected chi connectivity index (χ1v) is 14.1. The minimum absolute atomic E-state index is 0.439. The van der Waals surface area contributed by atoms with Crippen LogP contribution in [0.15, 0.2) is 150 Å². The standard InChI is InChI=1S/C37H24BrN/c38-27-19-21-29-30-22-20-28(39-35-17-9-7-15-31(35)32-16-8-10-18-36(32)39)24-34(30)37(33(29)23-27,25-11-3-1-4-12-25)26-13-5-2-6-14-26/h1-24H. The van der Waals surface area contributed by atoms with Crippen molar-refractivity contribution in [2.24, 2.45) is 0 Å². The largest absolute Gasteiger partial charge is 0.309 e. The van der Waals surface area contributed by atoms with Crippen LogP contribution in [0.2, 0.25) is 0 Å². The van der Waals surface area contributed by atoms with Gasteiger partial charge in [-0.05, 0) is 69.8 Å². The molecule has 0 aliphatic heterocycles. The summed E-state index contributed by atoms with van der Waals surface area (Å²) < 4.78 is 3.51. The van der Waals surface area contributed by atoms with Gasteiger partial charge in [0.15, 0.2) is 0 Å². The zero-order valence-electron chi connectivity index (χ0n) is 21.2. The van der Waals surface area contributed by atoms with Crippen LogP contribution in [0.5, 0.6) is 0 Å². The second-order valence-electron chi connectivity index (χ2n) is 10.3. The molecule has 0 fully saturated rings. The van der Waals surface area contributed by atoms with E-state index < -0.39 is 5.41 Å². The molecule has 0 N–H and O–H groups in total. The monoisotopic (exact) mass is 561 g/mol. The summed E-state index contributed by atoms with van der Waals surface area (Å²) in [5.74, 6) is 0. The van der Waals surface area contributed by atoms with Crippen LogP contribution < -0.4 is 0 Å². The zero-order valence-corrected chi connectivity index (χ0v) is 22.8. The predicted molar refractivity (Wildman–Crippen MR) is 166 cm³/mol. The lowest BCUT2D eigenvalue weighted by Gasteiger charge is -2.34. The van der Waals surface area contributed by atoms with Gasteiger partial charge < -0.3 is 4.57 Å². The van der Waals surface area contributed by atoms with Gasteiger partial charge in [0.25, 0.3) is 0 Å². The molecular weight excluding hydrogens is 538 g/mol. The van der Waals surface area contributed by atoms with Crippen molar-refractivity contribution in [1.29, 1.82) is 0 Å². The molecule has 0 radical (unpaired) electrons. The highest BCUT2D eigenvalue weighted by molar-refractivity contribution is 9.10. The third kappa shape index (κ3) is 3.13. The van der Waals surface area contributed by atoms with Crippen LogP contribution in [0.3, 0.4) is 0 Å². The van der Waals surface area contributed by atoms with E-state index in [9.17, 15) is 0 Å². The molecule has 0 unspecified atom stereocenters. The van der Waals surface area contributed by atoms with E-state index in [0.29, 0.717) is 0 Å². The highest BCUT2D eigenvalue weighted by Crippen LogP contribution is 2.57. The molecule has 0 bridgehead atoms. The van der Waals surface area contributed by atoms with Crippen molar-refractivity contribution in [3.63, 3.8) is 0 Å². The first kappa shape index (κ1) is 22.6. The fraction of sp³-hybridized carbons (Fsp3) is 0.0270. The Kier molecular flexibility index (Phi) is 4.95. The van der Waals surface area contributed by atoms with E-state index in [-0.39, 0.29) is 0 Å². The van der Waals surface area contributed by atoms with Gasteiger partial charge in [-0.3, -0.25) is 0 Å². The van der Waals surface area contributed by atoms with Crippen LogP contribution in [0.1, 0.15) is 22.3 Å². The average Bonchev–Trinajstić information content (AvgIpc) is 3.48. The number of hydrogen-bond donors (Lipinski definition) is 0. The quantitative estimate of drug-likeness (QED) is 0.202. The molecule has 1 nitrogen and oxygen atoms in total. The van der Waals surface area contributed by atoms with E-state index >= 15 is 0 Å². The molecule has 39 heavy (non-hydrogen) atoms. The second kappa shape index (κ2) is 8.56. The predicted octanol–water partition coefficient (Wildman–Crippen LogP) is 9.91. The van der Waals surface area contributed by atoms with Gasteiger partial charge in [0.2, 0.25) is 0 Å². The van der Waals surface area contributed by atoms with Crippen molar-refractivity contribution in [3.05, 3.63) is 172 Å². The van der Waals surface area contributed by atoms with Crippen LogP contribution >= 0.6 is 15.9 Å². The van der Waals surface area contributed by atoms with Crippen molar-refractivity contribution in [1.82, 2.24) is 4.57 Å². The molecule has 8 rings (SSSR count). The van der Waals surface area contributed by atoms with E-state index in [1.54, 1.807) is 0 Å². The van der Waals surface area contributed by atoms with Crippen LogP contribution in [-0.2, 0) is 5.41 Å². The second-order valence-corrected chi connectivity index (χ2v) is 11.2. The van der Waals surface area contributed by atoms with Crippen molar-refractivity contribution in [2.75, 3.05) is 0 Å². The van der Waals surface area contributed by atoms with E-state index in [1.165, 1.54) is 60.9 Å². The van der Waals surface area contributed by atoms with Crippen molar-refractivity contribution in [2.45, 2.75) is 5.41 Å². The van der Waals surface area contributed by atoms with Gasteiger partial charge in [0, 0.05) is 20.9 Å². The Hall–Kier alpha value is -4.40. The van der Waals surface area contributed by atoms with E-state index in [4.69, 9.17) is 0 Å². The fourth-order valence-electron chi connectivity index (χ4n) is 6.79. The average molecular weight is 563 g/mol. The molecule has 1 heterocycles. The topological polar surface area (TPSA) is 4.93 Å². The zero-order chi connectivity index (χ0) is 26.0.